The van der Waals surface area contributed by atoms with Crippen molar-refractivity contribution in [3.63, 3.8) is 0 Å². The Labute approximate surface area is 115 Å². The molecule has 0 aliphatic heterocycles. The summed E-state index contributed by atoms with van der Waals surface area (Å²) in [4.78, 5) is 15.7. The number of halogens is 2. The lowest BCUT2D eigenvalue weighted by Gasteiger charge is -2.14. The minimum absolute atomic E-state index is 0.134. The SMILES string of the molecule is CCC(CCBr)CNC(=O)c1ccncc1Cl. The van der Waals surface area contributed by atoms with Crippen LogP contribution in [0.5, 0.6) is 0 Å². The molecule has 3 nitrogen and oxygen atoms in total. The van der Waals surface area contributed by atoms with Crippen LogP contribution in [-0.4, -0.2) is 22.8 Å². The number of pyridine rings is 1. The van der Waals surface area contributed by atoms with Gasteiger partial charge in [-0.3, -0.25) is 9.78 Å². The van der Waals surface area contributed by atoms with Crippen molar-refractivity contribution < 1.29 is 4.79 Å². The molecule has 0 radical (unpaired) electrons. The number of amides is 1. The molecule has 0 saturated heterocycles. The largest absolute Gasteiger partial charge is 0.352 e. The number of rotatable bonds is 6. The fourth-order valence-electron chi connectivity index (χ4n) is 1.50. The first kappa shape index (κ1) is 14.5. The highest BCUT2D eigenvalue weighted by molar-refractivity contribution is 9.09. The van der Waals surface area contributed by atoms with Crippen LogP contribution < -0.4 is 5.32 Å². The number of hydrogen-bond donors (Lipinski definition) is 1. The highest BCUT2D eigenvalue weighted by Crippen LogP contribution is 2.14. The average molecular weight is 320 g/mol. The lowest BCUT2D eigenvalue weighted by atomic mass is 10.0. The van der Waals surface area contributed by atoms with Crippen molar-refractivity contribution in [3.8, 4) is 0 Å². The summed E-state index contributed by atoms with van der Waals surface area (Å²) in [7, 11) is 0. The van der Waals surface area contributed by atoms with Crippen LogP contribution in [0.3, 0.4) is 0 Å². The molecule has 0 aliphatic rings. The van der Waals surface area contributed by atoms with Gasteiger partial charge in [0.15, 0.2) is 0 Å². The topological polar surface area (TPSA) is 42.0 Å². The molecule has 17 heavy (non-hydrogen) atoms. The fraction of sp³-hybridized carbons (Fsp3) is 0.500. The normalized spacial score (nSPS) is 12.2. The van der Waals surface area contributed by atoms with Crippen molar-refractivity contribution in [3.05, 3.63) is 29.0 Å². The molecule has 1 aromatic rings. The number of aromatic nitrogens is 1. The second-order valence-electron chi connectivity index (χ2n) is 3.82. The Morgan fingerprint density at radius 3 is 3.00 bits per heavy atom. The molecule has 1 heterocycles. The number of alkyl halides is 1. The summed E-state index contributed by atoms with van der Waals surface area (Å²) in [5, 5.41) is 4.25. The van der Waals surface area contributed by atoms with Gasteiger partial charge in [-0.2, -0.15) is 0 Å². The Hall–Kier alpha value is -0.610. The maximum Gasteiger partial charge on any atom is 0.252 e. The Morgan fingerprint density at radius 2 is 2.41 bits per heavy atom. The molecule has 1 amide bonds. The summed E-state index contributed by atoms with van der Waals surface area (Å²) in [5.41, 5.74) is 0.482. The molecule has 1 unspecified atom stereocenters. The highest BCUT2D eigenvalue weighted by atomic mass is 79.9. The quantitative estimate of drug-likeness (QED) is 0.818. The van der Waals surface area contributed by atoms with Crippen LogP contribution in [-0.2, 0) is 0 Å². The molecule has 0 aromatic carbocycles. The fourth-order valence-corrected chi connectivity index (χ4v) is 2.35. The van der Waals surface area contributed by atoms with Crippen LogP contribution >= 0.6 is 27.5 Å². The number of nitrogens with zero attached hydrogens (tertiary/aromatic N) is 1. The van der Waals surface area contributed by atoms with E-state index in [1.165, 1.54) is 6.20 Å². The molecule has 1 rings (SSSR count). The van der Waals surface area contributed by atoms with Gasteiger partial charge in [-0.15, -0.1) is 0 Å². The average Bonchev–Trinajstić information content (AvgIpc) is 2.34. The Balaban J connectivity index is 2.52. The van der Waals surface area contributed by atoms with E-state index >= 15 is 0 Å². The van der Waals surface area contributed by atoms with Crippen LogP contribution in [0.25, 0.3) is 0 Å². The van der Waals surface area contributed by atoms with Crippen LogP contribution in [0.2, 0.25) is 5.02 Å². The predicted molar refractivity (Wildman–Crippen MR) is 73.8 cm³/mol. The molecule has 94 valence electrons. The zero-order valence-electron chi connectivity index (χ0n) is 9.75. The van der Waals surface area contributed by atoms with Crippen LogP contribution in [0.4, 0.5) is 0 Å². The Bertz CT molecular complexity index is 373. The molecule has 0 saturated carbocycles. The van der Waals surface area contributed by atoms with Crippen LogP contribution in [0.15, 0.2) is 18.5 Å². The molecule has 1 aromatic heterocycles. The summed E-state index contributed by atoms with van der Waals surface area (Å²) in [6, 6.07) is 1.63. The monoisotopic (exact) mass is 318 g/mol. The minimum atomic E-state index is -0.134. The Kier molecular flexibility index (Phi) is 6.52. The van der Waals surface area contributed by atoms with Crippen molar-refractivity contribution in [2.45, 2.75) is 19.8 Å². The summed E-state index contributed by atoms with van der Waals surface area (Å²) in [6.07, 6.45) is 5.15. The minimum Gasteiger partial charge on any atom is -0.352 e. The third-order valence-corrected chi connectivity index (χ3v) is 3.42. The van der Waals surface area contributed by atoms with E-state index in [1.807, 2.05) is 0 Å². The third-order valence-electron chi connectivity index (χ3n) is 2.66. The second kappa shape index (κ2) is 7.67. The molecule has 0 aliphatic carbocycles. The van der Waals surface area contributed by atoms with Gasteiger partial charge in [0.05, 0.1) is 10.6 Å². The van der Waals surface area contributed by atoms with Crippen LogP contribution in [0, 0.1) is 5.92 Å². The molecular formula is C12H16BrClN2O. The third kappa shape index (κ3) is 4.64. The number of nitrogens with one attached hydrogen (secondary N) is 1. The first-order chi connectivity index (χ1) is 8.19. The number of hydrogen-bond acceptors (Lipinski definition) is 2. The summed E-state index contributed by atoms with van der Waals surface area (Å²) >= 11 is 9.31. The van der Waals surface area contributed by atoms with Crippen molar-refractivity contribution in [2.24, 2.45) is 5.92 Å². The van der Waals surface area contributed by atoms with Gasteiger partial charge in [-0.05, 0) is 18.4 Å². The highest BCUT2D eigenvalue weighted by Gasteiger charge is 2.12. The molecule has 0 spiro atoms. The van der Waals surface area contributed by atoms with Gasteiger partial charge < -0.3 is 5.32 Å². The summed E-state index contributed by atoms with van der Waals surface area (Å²) in [5.74, 6) is 0.365. The lowest BCUT2D eigenvalue weighted by Crippen LogP contribution is -2.29. The summed E-state index contributed by atoms with van der Waals surface area (Å²) in [6.45, 7) is 2.80. The van der Waals surface area contributed by atoms with E-state index in [9.17, 15) is 4.79 Å². The molecule has 1 N–H and O–H groups in total. The van der Waals surface area contributed by atoms with E-state index in [4.69, 9.17) is 11.6 Å². The predicted octanol–water partition coefficient (Wildman–Crippen LogP) is 3.28. The molecular weight excluding hydrogens is 304 g/mol. The first-order valence-corrected chi connectivity index (χ1v) is 7.12. The smallest absolute Gasteiger partial charge is 0.252 e. The first-order valence-electron chi connectivity index (χ1n) is 5.62. The van der Waals surface area contributed by atoms with Crippen molar-refractivity contribution in [1.29, 1.82) is 0 Å². The molecule has 5 heteroatoms. The van der Waals surface area contributed by atoms with E-state index in [-0.39, 0.29) is 5.91 Å². The van der Waals surface area contributed by atoms with E-state index in [0.717, 1.165) is 18.2 Å². The van der Waals surface area contributed by atoms with Gasteiger partial charge in [0, 0.05) is 24.3 Å². The van der Waals surface area contributed by atoms with Gasteiger partial charge in [0.2, 0.25) is 0 Å². The molecule has 0 bridgehead atoms. The van der Waals surface area contributed by atoms with Crippen molar-refractivity contribution in [1.82, 2.24) is 10.3 Å². The Morgan fingerprint density at radius 1 is 1.65 bits per heavy atom. The number of carbonyl (C=O) groups is 1. The van der Waals surface area contributed by atoms with Gasteiger partial charge >= 0.3 is 0 Å². The maximum atomic E-state index is 11.9. The van der Waals surface area contributed by atoms with E-state index in [2.05, 4.69) is 33.2 Å². The van der Waals surface area contributed by atoms with Gasteiger partial charge in [0.1, 0.15) is 0 Å². The summed E-state index contributed by atoms with van der Waals surface area (Å²) < 4.78 is 0. The molecule has 0 fully saturated rings. The van der Waals surface area contributed by atoms with E-state index in [0.29, 0.717) is 23.0 Å². The van der Waals surface area contributed by atoms with Gasteiger partial charge in [-0.25, -0.2) is 0 Å². The van der Waals surface area contributed by atoms with Crippen molar-refractivity contribution >= 4 is 33.4 Å². The van der Waals surface area contributed by atoms with Gasteiger partial charge in [-0.1, -0.05) is 40.9 Å². The van der Waals surface area contributed by atoms with E-state index < -0.39 is 0 Å². The maximum absolute atomic E-state index is 11.9. The zero-order valence-corrected chi connectivity index (χ0v) is 12.1. The lowest BCUT2D eigenvalue weighted by molar-refractivity contribution is 0.0946. The standard InChI is InChI=1S/C12H16BrClN2O/c1-2-9(3-5-13)7-16-12(17)10-4-6-15-8-11(10)14/h4,6,8-9H,2-3,5,7H2,1H3,(H,16,17). The van der Waals surface area contributed by atoms with Gasteiger partial charge in [0.25, 0.3) is 5.91 Å². The van der Waals surface area contributed by atoms with E-state index in [1.54, 1.807) is 12.3 Å². The number of carbonyl (C=O) groups excluding carboxylic acids is 1. The molecule has 1 atom stereocenters. The van der Waals surface area contributed by atoms with Crippen LogP contribution in [0.1, 0.15) is 30.1 Å². The zero-order chi connectivity index (χ0) is 12.7. The second-order valence-corrected chi connectivity index (χ2v) is 5.02. The van der Waals surface area contributed by atoms with Crippen molar-refractivity contribution in [2.75, 3.05) is 11.9 Å².